The Morgan fingerprint density at radius 1 is 1.25 bits per heavy atom. The molecular weight excluding hydrogens is 344 g/mol. The fourth-order valence-corrected chi connectivity index (χ4v) is 3.63. The molecule has 1 aliphatic heterocycles. The van der Waals surface area contributed by atoms with Crippen LogP contribution >= 0.6 is 15.9 Å². The number of benzene rings is 1. The molecule has 1 heterocycles. The van der Waals surface area contributed by atoms with Crippen molar-refractivity contribution < 1.29 is 13.2 Å². The van der Waals surface area contributed by atoms with Crippen molar-refractivity contribution in [2.45, 2.75) is 12.5 Å². The van der Waals surface area contributed by atoms with Gasteiger partial charge in [0.15, 0.2) is 9.84 Å². The van der Waals surface area contributed by atoms with Crippen LogP contribution in [-0.2, 0) is 20.2 Å². The minimum Gasteiger partial charge on any atom is -0.339 e. The van der Waals surface area contributed by atoms with Gasteiger partial charge in [-0.3, -0.25) is 4.79 Å². The van der Waals surface area contributed by atoms with Gasteiger partial charge in [-0.1, -0.05) is 28.1 Å². The number of hydrogen-bond acceptors (Lipinski definition) is 4. The largest absolute Gasteiger partial charge is 0.339 e. The summed E-state index contributed by atoms with van der Waals surface area (Å²) >= 11 is 3.34. The lowest BCUT2D eigenvalue weighted by Gasteiger charge is -2.34. The lowest BCUT2D eigenvalue weighted by Crippen LogP contribution is -2.54. The number of nitrogens with zero attached hydrogens (tertiary/aromatic N) is 1. The minimum atomic E-state index is -3.01. The number of amides is 1. The second-order valence-electron chi connectivity index (χ2n) is 5.15. The first-order chi connectivity index (χ1) is 9.22. The second kappa shape index (κ2) is 5.46. The Hall–Kier alpha value is -0.920. The molecule has 1 amide bonds. The lowest BCUT2D eigenvalue weighted by molar-refractivity contribution is -0.136. The van der Waals surface area contributed by atoms with E-state index in [1.807, 2.05) is 12.1 Å². The molecule has 2 rings (SSSR count). The van der Waals surface area contributed by atoms with E-state index in [0.717, 1.165) is 4.47 Å². The van der Waals surface area contributed by atoms with Crippen molar-refractivity contribution in [2.75, 3.05) is 24.6 Å². The van der Waals surface area contributed by atoms with Crippen LogP contribution in [0.3, 0.4) is 0 Å². The van der Waals surface area contributed by atoms with Crippen LogP contribution in [0.25, 0.3) is 0 Å². The Labute approximate surface area is 127 Å². The zero-order valence-corrected chi connectivity index (χ0v) is 13.6. The van der Waals surface area contributed by atoms with Gasteiger partial charge in [-0.25, -0.2) is 8.42 Å². The number of carbonyl (C=O) groups excluding carboxylic acids is 1. The fourth-order valence-electron chi connectivity index (χ4n) is 2.16. The maximum Gasteiger partial charge on any atom is 0.247 e. The van der Waals surface area contributed by atoms with Crippen LogP contribution in [0, 0.1) is 0 Å². The summed E-state index contributed by atoms with van der Waals surface area (Å²) in [5.41, 5.74) is 5.73. The van der Waals surface area contributed by atoms with Crippen LogP contribution in [0.4, 0.5) is 0 Å². The monoisotopic (exact) mass is 360 g/mol. The Bertz CT molecular complexity index is 597. The van der Waals surface area contributed by atoms with Gasteiger partial charge in [0, 0.05) is 17.6 Å². The number of halogens is 1. The van der Waals surface area contributed by atoms with Crippen LogP contribution in [0.15, 0.2) is 28.7 Å². The van der Waals surface area contributed by atoms with Crippen molar-refractivity contribution in [3.8, 4) is 0 Å². The molecule has 1 saturated heterocycles. The zero-order chi connectivity index (χ0) is 15.0. The highest BCUT2D eigenvalue weighted by molar-refractivity contribution is 9.10. The Kier molecular flexibility index (Phi) is 4.22. The van der Waals surface area contributed by atoms with Gasteiger partial charge < -0.3 is 10.6 Å². The van der Waals surface area contributed by atoms with Crippen molar-refractivity contribution in [3.05, 3.63) is 34.3 Å². The van der Waals surface area contributed by atoms with E-state index in [1.54, 1.807) is 19.1 Å². The molecule has 0 bridgehead atoms. The summed E-state index contributed by atoms with van der Waals surface area (Å²) < 4.78 is 23.7. The average molecular weight is 361 g/mol. The average Bonchev–Trinajstić information content (AvgIpc) is 2.38. The van der Waals surface area contributed by atoms with Crippen molar-refractivity contribution in [3.63, 3.8) is 0 Å². The van der Waals surface area contributed by atoms with Gasteiger partial charge >= 0.3 is 0 Å². The molecule has 0 spiro atoms. The molecule has 7 heteroatoms. The molecule has 0 saturated carbocycles. The first-order valence-corrected chi connectivity index (χ1v) is 8.88. The molecule has 2 N–H and O–H groups in total. The van der Waals surface area contributed by atoms with Gasteiger partial charge in [0.25, 0.3) is 0 Å². The number of sulfone groups is 1. The van der Waals surface area contributed by atoms with Crippen LogP contribution in [0.5, 0.6) is 0 Å². The molecule has 1 aromatic carbocycles. The predicted molar refractivity (Wildman–Crippen MR) is 80.9 cm³/mol. The fraction of sp³-hybridized carbons (Fsp3) is 0.462. The summed E-state index contributed by atoms with van der Waals surface area (Å²) in [7, 11) is -3.01. The molecule has 20 heavy (non-hydrogen) atoms. The summed E-state index contributed by atoms with van der Waals surface area (Å²) in [6.07, 6.45) is 0. The summed E-state index contributed by atoms with van der Waals surface area (Å²) in [6, 6.07) is 7.24. The molecule has 1 unspecified atom stereocenters. The van der Waals surface area contributed by atoms with E-state index in [0.29, 0.717) is 5.56 Å². The van der Waals surface area contributed by atoms with Crippen molar-refractivity contribution >= 4 is 31.7 Å². The molecule has 5 nitrogen and oxygen atoms in total. The first-order valence-electron chi connectivity index (χ1n) is 6.27. The van der Waals surface area contributed by atoms with Gasteiger partial charge in [-0.15, -0.1) is 0 Å². The second-order valence-corrected chi connectivity index (χ2v) is 8.37. The Morgan fingerprint density at radius 2 is 1.75 bits per heavy atom. The van der Waals surface area contributed by atoms with Gasteiger partial charge in [0.1, 0.15) is 5.54 Å². The molecule has 0 aromatic heterocycles. The van der Waals surface area contributed by atoms with Crippen molar-refractivity contribution in [2.24, 2.45) is 5.73 Å². The SMILES string of the molecule is CC(N)(C(=O)N1CCS(=O)(=O)CC1)c1ccc(Br)cc1. The third-order valence-electron chi connectivity index (χ3n) is 3.52. The van der Waals surface area contributed by atoms with Gasteiger partial charge in [-0.05, 0) is 24.6 Å². The van der Waals surface area contributed by atoms with Gasteiger partial charge in [0.2, 0.25) is 5.91 Å². The van der Waals surface area contributed by atoms with E-state index in [4.69, 9.17) is 5.73 Å². The first kappa shape index (κ1) is 15.5. The highest BCUT2D eigenvalue weighted by Crippen LogP contribution is 2.23. The third-order valence-corrected chi connectivity index (χ3v) is 5.66. The predicted octanol–water partition coefficient (Wildman–Crippen LogP) is 0.880. The molecule has 1 atom stereocenters. The smallest absolute Gasteiger partial charge is 0.247 e. The number of nitrogens with two attached hydrogens (primary N) is 1. The molecule has 110 valence electrons. The van der Waals surface area contributed by atoms with Crippen molar-refractivity contribution in [1.82, 2.24) is 4.90 Å². The summed E-state index contributed by atoms with van der Waals surface area (Å²) in [4.78, 5) is 14.0. The van der Waals surface area contributed by atoms with Crippen LogP contribution < -0.4 is 5.73 Å². The van der Waals surface area contributed by atoms with Crippen molar-refractivity contribution in [1.29, 1.82) is 0 Å². The van der Waals surface area contributed by atoms with E-state index < -0.39 is 15.4 Å². The maximum absolute atomic E-state index is 12.5. The van der Waals surface area contributed by atoms with E-state index in [1.165, 1.54) is 4.90 Å². The Balaban J connectivity index is 2.17. The van der Waals surface area contributed by atoms with Crippen LogP contribution in [0.1, 0.15) is 12.5 Å². The Morgan fingerprint density at radius 3 is 2.25 bits per heavy atom. The molecule has 0 aliphatic carbocycles. The van der Waals surface area contributed by atoms with Crippen LogP contribution in [-0.4, -0.2) is 43.8 Å². The minimum absolute atomic E-state index is 0.00909. The molecule has 1 fully saturated rings. The number of hydrogen-bond donors (Lipinski definition) is 1. The zero-order valence-electron chi connectivity index (χ0n) is 11.2. The van der Waals surface area contributed by atoms with E-state index in [-0.39, 0.29) is 30.5 Å². The lowest BCUT2D eigenvalue weighted by atomic mass is 9.91. The van der Waals surface area contributed by atoms with E-state index in [9.17, 15) is 13.2 Å². The molecule has 1 aliphatic rings. The highest BCUT2D eigenvalue weighted by atomic mass is 79.9. The number of carbonyl (C=O) groups is 1. The normalized spacial score (nSPS) is 21.2. The highest BCUT2D eigenvalue weighted by Gasteiger charge is 2.36. The quantitative estimate of drug-likeness (QED) is 0.848. The summed E-state index contributed by atoms with van der Waals surface area (Å²) in [5.74, 6) is -0.223. The summed E-state index contributed by atoms with van der Waals surface area (Å²) in [5, 5.41) is 0. The maximum atomic E-state index is 12.5. The van der Waals surface area contributed by atoms with Gasteiger partial charge in [-0.2, -0.15) is 0 Å². The third kappa shape index (κ3) is 3.21. The molecular formula is C13H17BrN2O3S. The summed E-state index contributed by atoms with van der Waals surface area (Å²) in [6.45, 7) is 2.08. The standard InChI is InChI=1S/C13H17BrN2O3S/c1-13(15,10-2-4-11(14)5-3-10)12(17)16-6-8-20(18,19)9-7-16/h2-5H,6-9,15H2,1H3. The topological polar surface area (TPSA) is 80.5 Å². The van der Waals surface area contributed by atoms with Crippen LogP contribution in [0.2, 0.25) is 0 Å². The molecule has 0 radical (unpaired) electrons. The number of rotatable bonds is 2. The van der Waals surface area contributed by atoms with Gasteiger partial charge in [0.05, 0.1) is 11.5 Å². The van der Waals surface area contributed by atoms with E-state index in [2.05, 4.69) is 15.9 Å². The molecule has 1 aromatic rings. The van der Waals surface area contributed by atoms with E-state index >= 15 is 0 Å².